The largest absolute Gasteiger partial charge is 0.508 e. The summed E-state index contributed by atoms with van der Waals surface area (Å²) in [5.74, 6) is -2.19. The molecule has 9 nitrogen and oxygen atoms in total. The molecule has 0 saturated heterocycles. The van der Waals surface area contributed by atoms with E-state index in [1.165, 1.54) is 12.1 Å². The molecule has 1 fully saturated rings. The van der Waals surface area contributed by atoms with Gasteiger partial charge in [-0.05, 0) is 28.8 Å². The van der Waals surface area contributed by atoms with Crippen LogP contribution >= 0.6 is 0 Å². The predicted molar refractivity (Wildman–Crippen MR) is 143 cm³/mol. The second kappa shape index (κ2) is 13.2. The van der Waals surface area contributed by atoms with Crippen LogP contribution in [0, 0.1) is 0 Å². The van der Waals surface area contributed by atoms with Gasteiger partial charge in [0.1, 0.15) is 11.9 Å². The molecule has 0 radical (unpaired) electrons. The summed E-state index contributed by atoms with van der Waals surface area (Å²) in [6, 6.07) is 24.1. The van der Waals surface area contributed by atoms with Gasteiger partial charge in [0.05, 0.1) is 25.6 Å². The maximum Gasteiger partial charge on any atom is 0.338 e. The van der Waals surface area contributed by atoms with E-state index >= 15 is 0 Å². The molecule has 9 heteroatoms. The predicted octanol–water partition coefficient (Wildman–Crippen LogP) is 2.67. The van der Waals surface area contributed by atoms with E-state index in [1.807, 2.05) is 12.1 Å². The molecule has 0 spiro atoms. The average Bonchev–Trinajstić information content (AvgIpc) is 2.93. The smallest absolute Gasteiger partial charge is 0.338 e. The molecule has 1 aliphatic carbocycles. The van der Waals surface area contributed by atoms with Crippen molar-refractivity contribution in [1.29, 1.82) is 0 Å². The first-order valence-electron chi connectivity index (χ1n) is 13.0. The van der Waals surface area contributed by atoms with Gasteiger partial charge in [-0.2, -0.15) is 0 Å². The van der Waals surface area contributed by atoms with Crippen molar-refractivity contribution in [3.8, 4) is 5.75 Å². The van der Waals surface area contributed by atoms with Gasteiger partial charge in [0.25, 0.3) is 0 Å². The molecule has 0 bridgehead atoms. The van der Waals surface area contributed by atoms with Gasteiger partial charge in [-0.15, -0.1) is 0 Å². The molecular weight excluding hydrogens is 516 g/mol. The second-order valence-electron chi connectivity index (χ2n) is 9.87. The Balaban J connectivity index is 1.44. The molecule has 0 heterocycles. The van der Waals surface area contributed by atoms with E-state index in [4.69, 9.17) is 14.2 Å². The van der Waals surface area contributed by atoms with Crippen LogP contribution in [0.25, 0.3) is 0 Å². The Kier molecular flexibility index (Phi) is 9.52. The number of aliphatic hydroxyl groups is 2. The van der Waals surface area contributed by atoms with E-state index in [2.05, 4.69) is 0 Å². The first kappa shape index (κ1) is 28.8. The number of phenolic OH excluding ortho intramolecular Hbond substituents is 1. The first-order chi connectivity index (χ1) is 19.2. The molecule has 0 unspecified atom stereocenters. The molecule has 210 valence electrons. The summed E-state index contributed by atoms with van der Waals surface area (Å²) < 4.78 is 16.4. The molecule has 1 saturated carbocycles. The normalized spacial score (nSPS) is 22.2. The SMILES string of the molecule is O=C(Cc1ccccc1)O[C@H]1[C@@H](O)C[C@](O)(C(=O)OCCc2ccc(O)cc2)C[C@H]1OC(=O)Cc1ccccc1. The zero-order chi connectivity index (χ0) is 28.5. The molecular formula is C31H32O9. The van der Waals surface area contributed by atoms with Crippen molar-refractivity contribution in [1.82, 2.24) is 0 Å². The van der Waals surface area contributed by atoms with Gasteiger partial charge in [-0.3, -0.25) is 9.59 Å². The van der Waals surface area contributed by atoms with Crippen LogP contribution in [0.15, 0.2) is 84.9 Å². The molecule has 3 aromatic carbocycles. The van der Waals surface area contributed by atoms with Crippen molar-refractivity contribution in [2.45, 2.75) is 56.0 Å². The Bertz CT molecular complexity index is 1280. The fraction of sp³-hybridized carbons (Fsp3) is 0.323. The third-order valence-corrected chi connectivity index (χ3v) is 6.70. The lowest BCUT2D eigenvalue weighted by Gasteiger charge is -2.41. The molecule has 0 aromatic heterocycles. The number of aromatic hydroxyl groups is 1. The Morgan fingerprint density at radius 1 is 0.750 bits per heavy atom. The molecule has 4 rings (SSSR count). The van der Waals surface area contributed by atoms with Gasteiger partial charge in [-0.25, -0.2) is 4.79 Å². The molecule has 1 aliphatic rings. The summed E-state index contributed by atoms with van der Waals surface area (Å²) >= 11 is 0. The van der Waals surface area contributed by atoms with Crippen LogP contribution in [-0.2, 0) is 47.9 Å². The Hall–Kier alpha value is -4.21. The summed E-state index contributed by atoms with van der Waals surface area (Å²) in [4.78, 5) is 38.4. The number of carbonyl (C=O) groups excluding carboxylic acids is 3. The highest BCUT2D eigenvalue weighted by atomic mass is 16.6. The number of ether oxygens (including phenoxy) is 3. The molecule has 0 aliphatic heterocycles. The lowest BCUT2D eigenvalue weighted by molar-refractivity contribution is -0.210. The Labute approximate surface area is 231 Å². The van der Waals surface area contributed by atoms with Crippen molar-refractivity contribution in [2.24, 2.45) is 0 Å². The Morgan fingerprint density at radius 3 is 1.88 bits per heavy atom. The summed E-state index contributed by atoms with van der Waals surface area (Å²) in [5, 5.41) is 31.5. The van der Waals surface area contributed by atoms with Crippen molar-refractivity contribution in [2.75, 3.05) is 6.61 Å². The highest BCUT2D eigenvalue weighted by molar-refractivity contribution is 5.80. The summed E-state index contributed by atoms with van der Waals surface area (Å²) in [6.07, 6.45) is -4.81. The van der Waals surface area contributed by atoms with Gasteiger partial charge in [0.2, 0.25) is 0 Å². The van der Waals surface area contributed by atoms with Crippen LogP contribution < -0.4 is 0 Å². The highest BCUT2D eigenvalue weighted by Gasteiger charge is 2.53. The highest BCUT2D eigenvalue weighted by Crippen LogP contribution is 2.34. The fourth-order valence-corrected chi connectivity index (χ4v) is 4.66. The van der Waals surface area contributed by atoms with Crippen molar-refractivity contribution in [3.63, 3.8) is 0 Å². The monoisotopic (exact) mass is 548 g/mol. The number of aliphatic hydroxyl groups excluding tert-OH is 1. The van der Waals surface area contributed by atoms with E-state index in [9.17, 15) is 29.7 Å². The van der Waals surface area contributed by atoms with Crippen molar-refractivity contribution >= 4 is 17.9 Å². The van der Waals surface area contributed by atoms with Gasteiger partial charge in [0.15, 0.2) is 11.7 Å². The standard InChI is InChI=1S/C31H32O9/c32-24-13-11-21(12-14-24)15-16-38-30(36)31(37)19-25(33)29(40-28(35)18-23-9-5-2-6-10-23)26(20-31)39-27(34)17-22-7-3-1-4-8-22/h1-14,25-26,29,32-33,37H,15-20H2/t25-,26+,29-,31+/m0/s1. The van der Waals surface area contributed by atoms with E-state index in [-0.39, 0.29) is 25.2 Å². The maximum atomic E-state index is 12.9. The topological polar surface area (TPSA) is 140 Å². The number of esters is 3. The zero-order valence-corrected chi connectivity index (χ0v) is 21.8. The van der Waals surface area contributed by atoms with Crippen LogP contribution in [0.3, 0.4) is 0 Å². The van der Waals surface area contributed by atoms with Gasteiger partial charge < -0.3 is 29.5 Å². The van der Waals surface area contributed by atoms with Gasteiger partial charge in [0, 0.05) is 19.3 Å². The number of carbonyl (C=O) groups is 3. The average molecular weight is 549 g/mol. The second-order valence-corrected chi connectivity index (χ2v) is 9.87. The van der Waals surface area contributed by atoms with E-state index in [0.29, 0.717) is 17.5 Å². The molecule has 40 heavy (non-hydrogen) atoms. The number of benzene rings is 3. The maximum absolute atomic E-state index is 12.9. The van der Waals surface area contributed by atoms with E-state index < -0.39 is 54.7 Å². The van der Waals surface area contributed by atoms with Crippen LogP contribution in [0.5, 0.6) is 5.75 Å². The molecule has 4 atom stereocenters. The summed E-state index contributed by atoms with van der Waals surface area (Å²) in [5.41, 5.74) is 0.0166. The molecule has 3 N–H and O–H groups in total. The van der Waals surface area contributed by atoms with Gasteiger partial charge in [-0.1, -0.05) is 72.8 Å². The van der Waals surface area contributed by atoms with E-state index in [0.717, 1.165) is 5.56 Å². The summed E-state index contributed by atoms with van der Waals surface area (Å²) in [7, 11) is 0. The minimum absolute atomic E-state index is 0.0596. The Morgan fingerprint density at radius 2 is 1.30 bits per heavy atom. The van der Waals surface area contributed by atoms with Crippen LogP contribution in [-0.4, -0.2) is 63.7 Å². The van der Waals surface area contributed by atoms with E-state index in [1.54, 1.807) is 60.7 Å². The molecule has 3 aromatic rings. The van der Waals surface area contributed by atoms with Crippen LogP contribution in [0.1, 0.15) is 29.5 Å². The van der Waals surface area contributed by atoms with Gasteiger partial charge >= 0.3 is 17.9 Å². The third-order valence-electron chi connectivity index (χ3n) is 6.70. The van der Waals surface area contributed by atoms with Crippen molar-refractivity contribution < 1.29 is 43.9 Å². The first-order valence-corrected chi connectivity index (χ1v) is 13.0. The van der Waals surface area contributed by atoms with Crippen LogP contribution in [0.4, 0.5) is 0 Å². The third kappa shape index (κ3) is 7.91. The number of hydrogen-bond donors (Lipinski definition) is 3. The number of phenols is 1. The zero-order valence-electron chi connectivity index (χ0n) is 21.8. The van der Waals surface area contributed by atoms with Crippen LogP contribution in [0.2, 0.25) is 0 Å². The van der Waals surface area contributed by atoms with Crippen molar-refractivity contribution in [3.05, 3.63) is 102 Å². The fourth-order valence-electron chi connectivity index (χ4n) is 4.66. The quantitative estimate of drug-likeness (QED) is 0.258. The lowest BCUT2D eigenvalue weighted by atomic mass is 9.79. The summed E-state index contributed by atoms with van der Waals surface area (Å²) in [6.45, 7) is -0.0596. The lowest BCUT2D eigenvalue weighted by Crippen LogP contribution is -2.59. The minimum atomic E-state index is -2.17. The molecule has 0 amide bonds. The minimum Gasteiger partial charge on any atom is -0.508 e. The number of rotatable bonds is 10. The number of hydrogen-bond acceptors (Lipinski definition) is 9.